The van der Waals surface area contributed by atoms with Crippen LogP contribution < -0.4 is 10.5 Å². The third-order valence-electron chi connectivity index (χ3n) is 2.01. The highest BCUT2D eigenvalue weighted by molar-refractivity contribution is 8.13. The number of benzene rings is 1. The van der Waals surface area contributed by atoms with Crippen LogP contribution in [0.3, 0.4) is 0 Å². The fourth-order valence-electron chi connectivity index (χ4n) is 1.26. The summed E-state index contributed by atoms with van der Waals surface area (Å²) < 4.78 is 39.8. The zero-order valence-corrected chi connectivity index (χ0v) is 11.4. The number of carbonyl (C=O) groups excluding carboxylic acids is 1. The molecule has 0 saturated heterocycles. The largest absolute Gasteiger partial charge is 0.573 e. The third kappa shape index (κ3) is 6.38. The Morgan fingerprint density at radius 3 is 2.70 bits per heavy atom. The number of halogens is 3. The highest BCUT2D eigenvalue weighted by atomic mass is 32.2. The minimum atomic E-state index is -4.75. The summed E-state index contributed by atoms with van der Waals surface area (Å²) in [6.07, 6.45) is -4.26. The minimum Gasteiger partial charge on any atom is -0.406 e. The topological polar surface area (TPSA) is 52.3 Å². The van der Waals surface area contributed by atoms with Gasteiger partial charge in [0.25, 0.3) is 0 Å². The van der Waals surface area contributed by atoms with Crippen molar-refractivity contribution in [2.24, 2.45) is 0 Å². The van der Waals surface area contributed by atoms with Crippen molar-refractivity contribution in [1.82, 2.24) is 0 Å². The zero-order valence-electron chi connectivity index (χ0n) is 10.6. The number of thioether (sulfide) groups is 1. The summed E-state index contributed by atoms with van der Waals surface area (Å²) in [6, 6.07) is 3.58. The smallest absolute Gasteiger partial charge is 0.406 e. The molecule has 0 heterocycles. The number of alkyl halides is 3. The van der Waals surface area contributed by atoms with Gasteiger partial charge in [0.2, 0.25) is 0 Å². The lowest BCUT2D eigenvalue weighted by atomic mass is 10.2. The van der Waals surface area contributed by atoms with E-state index < -0.39 is 6.36 Å². The fourth-order valence-corrected chi connectivity index (χ4v) is 1.75. The highest BCUT2D eigenvalue weighted by Gasteiger charge is 2.31. The molecular weight excluding hydrogens is 291 g/mol. The SMILES string of the molecule is CC(=O)SCCC#Cc1ccc(OC(F)(F)F)cc1N. The first kappa shape index (κ1) is 16.2. The van der Waals surface area contributed by atoms with E-state index in [4.69, 9.17) is 5.73 Å². The monoisotopic (exact) mass is 303 g/mol. The van der Waals surface area contributed by atoms with Crippen molar-refractivity contribution in [3.8, 4) is 17.6 Å². The maximum Gasteiger partial charge on any atom is 0.573 e. The van der Waals surface area contributed by atoms with Crippen LogP contribution in [0, 0.1) is 11.8 Å². The van der Waals surface area contributed by atoms with Gasteiger partial charge in [-0.15, -0.1) is 13.2 Å². The van der Waals surface area contributed by atoms with Crippen LogP contribution >= 0.6 is 11.8 Å². The molecule has 20 heavy (non-hydrogen) atoms. The predicted octanol–water partition coefficient (Wildman–Crippen LogP) is 3.19. The Hall–Kier alpha value is -1.81. The van der Waals surface area contributed by atoms with Gasteiger partial charge in [0.1, 0.15) is 5.75 Å². The van der Waals surface area contributed by atoms with Crippen LogP contribution in [0.1, 0.15) is 18.9 Å². The van der Waals surface area contributed by atoms with Gasteiger partial charge in [-0.3, -0.25) is 4.79 Å². The van der Waals surface area contributed by atoms with E-state index in [1.807, 2.05) is 0 Å². The first-order chi connectivity index (χ1) is 9.28. The molecule has 1 rings (SSSR count). The van der Waals surface area contributed by atoms with E-state index in [1.165, 1.54) is 13.0 Å². The molecule has 0 aliphatic rings. The van der Waals surface area contributed by atoms with Crippen LogP contribution in [-0.4, -0.2) is 17.2 Å². The van der Waals surface area contributed by atoms with Crippen LogP contribution in [0.2, 0.25) is 0 Å². The fraction of sp³-hybridized carbons (Fsp3) is 0.308. The van der Waals surface area contributed by atoms with Crippen molar-refractivity contribution in [1.29, 1.82) is 0 Å². The van der Waals surface area contributed by atoms with Gasteiger partial charge >= 0.3 is 6.36 Å². The number of hydrogen-bond acceptors (Lipinski definition) is 4. The van der Waals surface area contributed by atoms with Crippen LogP contribution in [0.4, 0.5) is 18.9 Å². The van der Waals surface area contributed by atoms with Crippen LogP contribution in [-0.2, 0) is 4.79 Å². The van der Waals surface area contributed by atoms with Crippen molar-refractivity contribution in [2.45, 2.75) is 19.7 Å². The van der Waals surface area contributed by atoms with Crippen LogP contribution in [0.15, 0.2) is 18.2 Å². The minimum absolute atomic E-state index is 0.0139. The summed E-state index contributed by atoms with van der Waals surface area (Å²) in [6.45, 7) is 1.47. The average Bonchev–Trinajstić information content (AvgIpc) is 2.28. The van der Waals surface area contributed by atoms with E-state index in [2.05, 4.69) is 16.6 Å². The summed E-state index contributed by atoms with van der Waals surface area (Å²) in [5.41, 5.74) is 6.13. The summed E-state index contributed by atoms with van der Waals surface area (Å²) in [5.74, 6) is 5.72. The van der Waals surface area contributed by atoms with Gasteiger partial charge < -0.3 is 10.5 Å². The molecule has 0 aromatic heterocycles. The van der Waals surface area contributed by atoms with Crippen molar-refractivity contribution in [3.63, 3.8) is 0 Å². The van der Waals surface area contributed by atoms with Gasteiger partial charge in [-0.05, 0) is 12.1 Å². The van der Waals surface area contributed by atoms with Crippen molar-refractivity contribution in [2.75, 3.05) is 11.5 Å². The molecule has 0 unspecified atom stereocenters. The standard InChI is InChI=1S/C13H12F3NO2S/c1-9(18)20-7-3-2-4-10-5-6-11(8-12(10)17)19-13(14,15)16/h5-6,8H,3,7,17H2,1H3. The van der Waals surface area contributed by atoms with Gasteiger partial charge in [0, 0.05) is 30.7 Å². The molecule has 3 nitrogen and oxygen atoms in total. The Kier molecular flexibility index (Phi) is 5.77. The second-order valence-corrected chi connectivity index (χ2v) is 4.96. The number of rotatable bonds is 3. The molecule has 0 aliphatic heterocycles. The molecule has 7 heteroatoms. The highest BCUT2D eigenvalue weighted by Crippen LogP contribution is 2.25. The molecule has 0 radical (unpaired) electrons. The molecule has 1 aromatic carbocycles. The Bertz CT molecular complexity index is 547. The maximum absolute atomic E-state index is 12.0. The number of hydrogen-bond donors (Lipinski definition) is 1. The zero-order chi connectivity index (χ0) is 15.2. The Morgan fingerprint density at radius 1 is 1.45 bits per heavy atom. The normalized spacial score (nSPS) is 10.6. The molecule has 2 N–H and O–H groups in total. The van der Waals surface area contributed by atoms with E-state index in [0.717, 1.165) is 23.9 Å². The Balaban J connectivity index is 2.65. The average molecular weight is 303 g/mol. The summed E-state index contributed by atoms with van der Waals surface area (Å²) >= 11 is 1.16. The second-order valence-electron chi connectivity index (χ2n) is 3.69. The van der Waals surface area contributed by atoms with Gasteiger partial charge in [-0.1, -0.05) is 23.6 Å². The van der Waals surface area contributed by atoms with E-state index in [-0.39, 0.29) is 16.6 Å². The third-order valence-corrected chi connectivity index (χ3v) is 2.83. The summed E-state index contributed by atoms with van der Waals surface area (Å²) in [5, 5.41) is 0.0139. The molecular formula is C13H12F3NO2S. The molecule has 108 valence electrons. The van der Waals surface area contributed by atoms with Crippen LogP contribution in [0.5, 0.6) is 5.75 Å². The van der Waals surface area contributed by atoms with Gasteiger partial charge in [-0.2, -0.15) is 0 Å². The lowest BCUT2D eigenvalue weighted by Crippen LogP contribution is -2.17. The van der Waals surface area contributed by atoms with Crippen molar-refractivity contribution < 1.29 is 22.7 Å². The van der Waals surface area contributed by atoms with Gasteiger partial charge in [0.05, 0.1) is 5.69 Å². The number of nitrogens with two attached hydrogens (primary N) is 1. The van der Waals surface area contributed by atoms with Crippen molar-refractivity contribution >= 4 is 22.6 Å². The summed E-state index contributed by atoms with van der Waals surface area (Å²) in [4.78, 5) is 10.7. The Morgan fingerprint density at radius 2 is 2.15 bits per heavy atom. The van der Waals surface area contributed by atoms with Crippen LogP contribution in [0.25, 0.3) is 0 Å². The first-order valence-corrected chi connectivity index (χ1v) is 6.54. The molecule has 0 aliphatic carbocycles. The number of carbonyl (C=O) groups is 1. The number of ether oxygens (including phenoxy) is 1. The van der Waals surface area contributed by atoms with E-state index in [1.54, 1.807) is 0 Å². The van der Waals surface area contributed by atoms with Crippen molar-refractivity contribution in [3.05, 3.63) is 23.8 Å². The molecule has 0 bridgehead atoms. The van der Waals surface area contributed by atoms with Gasteiger partial charge in [-0.25, -0.2) is 0 Å². The first-order valence-electron chi connectivity index (χ1n) is 5.55. The lowest BCUT2D eigenvalue weighted by molar-refractivity contribution is -0.274. The van der Waals surface area contributed by atoms with E-state index >= 15 is 0 Å². The molecule has 0 saturated carbocycles. The number of nitrogen functional groups attached to an aromatic ring is 1. The Labute approximate surface area is 118 Å². The molecule has 0 spiro atoms. The molecule has 1 aromatic rings. The summed E-state index contributed by atoms with van der Waals surface area (Å²) in [7, 11) is 0. The number of anilines is 1. The predicted molar refractivity (Wildman–Crippen MR) is 72.2 cm³/mol. The maximum atomic E-state index is 12.0. The molecule has 0 fully saturated rings. The second kappa shape index (κ2) is 7.10. The van der Waals surface area contributed by atoms with Gasteiger partial charge in [0.15, 0.2) is 5.12 Å². The van der Waals surface area contributed by atoms with E-state index in [9.17, 15) is 18.0 Å². The van der Waals surface area contributed by atoms with E-state index in [0.29, 0.717) is 17.7 Å². The quantitative estimate of drug-likeness (QED) is 0.529. The molecule has 0 atom stereocenters. The molecule has 0 amide bonds. The lowest BCUT2D eigenvalue weighted by Gasteiger charge is -2.09.